The van der Waals surface area contributed by atoms with Gasteiger partial charge in [-0.3, -0.25) is 4.90 Å². The smallest absolute Gasteiger partial charge is 0.0674 e. The van der Waals surface area contributed by atoms with Gasteiger partial charge in [-0.1, -0.05) is 6.92 Å². The molecule has 1 atom stereocenters. The van der Waals surface area contributed by atoms with E-state index < -0.39 is 0 Å². The summed E-state index contributed by atoms with van der Waals surface area (Å²) in [5.41, 5.74) is 0. The van der Waals surface area contributed by atoms with Gasteiger partial charge in [-0.05, 0) is 19.9 Å². The van der Waals surface area contributed by atoms with Crippen LogP contribution in [0.15, 0.2) is 0 Å². The summed E-state index contributed by atoms with van der Waals surface area (Å²) in [6.07, 6.45) is 1.70. The van der Waals surface area contributed by atoms with Crippen LogP contribution in [0.3, 0.4) is 0 Å². The van der Waals surface area contributed by atoms with Crippen molar-refractivity contribution in [1.29, 1.82) is 0 Å². The standard InChI is InChI=1S/C8H17NO/c1-3-4-9-5-6-10-8(2)7-9/h8H,3-7H2,1-2H3. The molecule has 0 aromatic rings. The summed E-state index contributed by atoms with van der Waals surface area (Å²) >= 11 is 0. The van der Waals surface area contributed by atoms with Crippen LogP contribution in [-0.4, -0.2) is 37.2 Å². The molecule has 0 saturated carbocycles. The molecule has 0 bridgehead atoms. The first-order chi connectivity index (χ1) is 4.83. The third-order valence-corrected chi connectivity index (χ3v) is 1.87. The lowest BCUT2D eigenvalue weighted by atomic mass is 10.3. The zero-order valence-electron chi connectivity index (χ0n) is 6.97. The molecule has 0 amide bonds. The third kappa shape index (κ3) is 2.27. The molecule has 1 fully saturated rings. The van der Waals surface area contributed by atoms with E-state index in [0.29, 0.717) is 6.10 Å². The fourth-order valence-electron chi connectivity index (χ4n) is 1.41. The Bertz CT molecular complexity index is 93.3. The molecule has 0 N–H and O–H groups in total. The molecular formula is C8H17NO. The van der Waals surface area contributed by atoms with Gasteiger partial charge in [0.15, 0.2) is 0 Å². The van der Waals surface area contributed by atoms with Crippen molar-refractivity contribution in [3.8, 4) is 0 Å². The van der Waals surface area contributed by atoms with Gasteiger partial charge in [0, 0.05) is 13.1 Å². The molecule has 0 spiro atoms. The molecule has 1 unspecified atom stereocenters. The van der Waals surface area contributed by atoms with Gasteiger partial charge in [-0.15, -0.1) is 0 Å². The van der Waals surface area contributed by atoms with Gasteiger partial charge in [0.1, 0.15) is 0 Å². The van der Waals surface area contributed by atoms with E-state index in [1.807, 2.05) is 0 Å². The first-order valence-electron chi connectivity index (χ1n) is 4.17. The van der Waals surface area contributed by atoms with E-state index in [9.17, 15) is 0 Å². The van der Waals surface area contributed by atoms with Gasteiger partial charge >= 0.3 is 0 Å². The van der Waals surface area contributed by atoms with E-state index in [-0.39, 0.29) is 0 Å². The monoisotopic (exact) mass is 143 g/mol. The molecule has 1 heterocycles. The van der Waals surface area contributed by atoms with Crippen LogP contribution in [-0.2, 0) is 4.74 Å². The predicted octanol–water partition coefficient (Wildman–Crippen LogP) is 1.12. The summed E-state index contributed by atoms with van der Waals surface area (Å²) in [5, 5.41) is 0. The maximum absolute atomic E-state index is 5.41. The first-order valence-corrected chi connectivity index (χ1v) is 4.17. The summed E-state index contributed by atoms with van der Waals surface area (Å²) in [6, 6.07) is 0. The highest BCUT2D eigenvalue weighted by atomic mass is 16.5. The summed E-state index contributed by atoms with van der Waals surface area (Å²) in [7, 11) is 0. The molecule has 0 aliphatic carbocycles. The van der Waals surface area contributed by atoms with Crippen LogP contribution < -0.4 is 0 Å². The Morgan fingerprint density at radius 3 is 3.00 bits per heavy atom. The predicted molar refractivity (Wildman–Crippen MR) is 42.1 cm³/mol. The molecule has 2 heteroatoms. The summed E-state index contributed by atoms with van der Waals surface area (Å²) in [4.78, 5) is 2.47. The highest BCUT2D eigenvalue weighted by molar-refractivity contribution is 4.66. The average Bonchev–Trinajstić information content (AvgIpc) is 1.88. The van der Waals surface area contributed by atoms with E-state index in [1.165, 1.54) is 13.0 Å². The van der Waals surface area contributed by atoms with Crippen molar-refractivity contribution in [2.45, 2.75) is 26.4 Å². The van der Waals surface area contributed by atoms with E-state index >= 15 is 0 Å². The number of morpholine rings is 1. The summed E-state index contributed by atoms with van der Waals surface area (Å²) < 4.78 is 5.41. The molecule has 0 aromatic heterocycles. The molecular weight excluding hydrogens is 126 g/mol. The Morgan fingerprint density at radius 1 is 1.60 bits per heavy atom. The second-order valence-corrected chi connectivity index (χ2v) is 2.98. The van der Waals surface area contributed by atoms with Crippen LogP contribution in [0.4, 0.5) is 0 Å². The van der Waals surface area contributed by atoms with Crippen molar-refractivity contribution >= 4 is 0 Å². The normalized spacial score (nSPS) is 28.8. The van der Waals surface area contributed by atoms with Crippen LogP contribution in [0.5, 0.6) is 0 Å². The van der Waals surface area contributed by atoms with Crippen molar-refractivity contribution < 1.29 is 4.74 Å². The molecule has 2 nitrogen and oxygen atoms in total. The Balaban J connectivity index is 2.18. The zero-order valence-corrected chi connectivity index (χ0v) is 6.97. The van der Waals surface area contributed by atoms with E-state index in [2.05, 4.69) is 18.7 Å². The van der Waals surface area contributed by atoms with Gasteiger partial charge in [0.25, 0.3) is 0 Å². The molecule has 10 heavy (non-hydrogen) atoms. The zero-order chi connectivity index (χ0) is 7.40. The van der Waals surface area contributed by atoms with Gasteiger partial charge in [0.2, 0.25) is 0 Å². The molecule has 1 saturated heterocycles. The Morgan fingerprint density at radius 2 is 2.40 bits per heavy atom. The maximum Gasteiger partial charge on any atom is 0.0674 e. The second-order valence-electron chi connectivity index (χ2n) is 2.98. The van der Waals surface area contributed by atoms with E-state index in [0.717, 1.165) is 19.7 Å². The molecule has 60 valence electrons. The molecule has 1 aliphatic heterocycles. The van der Waals surface area contributed by atoms with Crippen LogP contribution in [0.25, 0.3) is 0 Å². The van der Waals surface area contributed by atoms with Crippen molar-refractivity contribution in [2.75, 3.05) is 26.2 Å². The Kier molecular flexibility index (Phi) is 3.16. The number of hydrogen-bond acceptors (Lipinski definition) is 2. The molecule has 0 aromatic carbocycles. The van der Waals surface area contributed by atoms with Gasteiger partial charge < -0.3 is 4.74 Å². The van der Waals surface area contributed by atoms with Crippen molar-refractivity contribution in [3.63, 3.8) is 0 Å². The summed E-state index contributed by atoms with van der Waals surface area (Å²) in [5.74, 6) is 0. The SMILES string of the molecule is CCCN1CCOC(C)C1. The van der Waals surface area contributed by atoms with Gasteiger partial charge in [-0.2, -0.15) is 0 Å². The van der Waals surface area contributed by atoms with Gasteiger partial charge in [-0.25, -0.2) is 0 Å². The lowest BCUT2D eigenvalue weighted by Crippen LogP contribution is -2.41. The van der Waals surface area contributed by atoms with Crippen molar-refractivity contribution in [3.05, 3.63) is 0 Å². The van der Waals surface area contributed by atoms with Crippen LogP contribution in [0.2, 0.25) is 0 Å². The lowest BCUT2D eigenvalue weighted by Gasteiger charge is -2.30. The minimum Gasteiger partial charge on any atom is -0.376 e. The number of hydrogen-bond donors (Lipinski definition) is 0. The Hall–Kier alpha value is -0.0800. The van der Waals surface area contributed by atoms with Crippen LogP contribution in [0.1, 0.15) is 20.3 Å². The van der Waals surface area contributed by atoms with Gasteiger partial charge in [0.05, 0.1) is 12.7 Å². The largest absolute Gasteiger partial charge is 0.376 e. The third-order valence-electron chi connectivity index (χ3n) is 1.87. The van der Waals surface area contributed by atoms with E-state index in [1.54, 1.807) is 0 Å². The fourth-order valence-corrected chi connectivity index (χ4v) is 1.41. The number of rotatable bonds is 2. The average molecular weight is 143 g/mol. The van der Waals surface area contributed by atoms with Crippen LogP contribution >= 0.6 is 0 Å². The fraction of sp³-hybridized carbons (Fsp3) is 1.00. The van der Waals surface area contributed by atoms with Crippen molar-refractivity contribution in [2.24, 2.45) is 0 Å². The summed E-state index contributed by atoms with van der Waals surface area (Å²) in [6.45, 7) is 8.75. The highest BCUT2D eigenvalue weighted by Crippen LogP contribution is 2.03. The lowest BCUT2D eigenvalue weighted by molar-refractivity contribution is -0.0180. The quantitative estimate of drug-likeness (QED) is 0.574. The second kappa shape index (κ2) is 3.94. The Labute approximate surface area is 63.2 Å². The molecule has 1 rings (SSSR count). The minimum atomic E-state index is 0.445. The molecule has 1 aliphatic rings. The molecule has 0 radical (unpaired) electrons. The highest BCUT2D eigenvalue weighted by Gasteiger charge is 2.14. The first kappa shape index (κ1) is 8.02. The topological polar surface area (TPSA) is 12.5 Å². The number of nitrogens with zero attached hydrogens (tertiary/aromatic N) is 1. The minimum absolute atomic E-state index is 0.445. The maximum atomic E-state index is 5.41. The van der Waals surface area contributed by atoms with Crippen LogP contribution in [0, 0.1) is 0 Å². The van der Waals surface area contributed by atoms with E-state index in [4.69, 9.17) is 4.74 Å². The number of ether oxygens (including phenoxy) is 1. The van der Waals surface area contributed by atoms with Crippen molar-refractivity contribution in [1.82, 2.24) is 4.90 Å².